The summed E-state index contributed by atoms with van der Waals surface area (Å²) in [7, 11) is 4.26. The van der Waals surface area contributed by atoms with Crippen LogP contribution >= 0.6 is 0 Å². The molecule has 1 rings (SSSR count). The maximum atomic E-state index is 4.76. The second-order valence-corrected chi connectivity index (χ2v) is 5.82. The van der Waals surface area contributed by atoms with Gasteiger partial charge in [-0.15, -0.1) is 0 Å². The molecule has 0 saturated heterocycles. The van der Waals surface area contributed by atoms with Gasteiger partial charge in [0.25, 0.3) is 0 Å². The molecule has 0 aliphatic rings. The van der Waals surface area contributed by atoms with Gasteiger partial charge in [0, 0.05) is 13.1 Å². The fraction of sp³-hybridized carbons (Fsp3) is 0.706. The van der Waals surface area contributed by atoms with Crippen LogP contribution in [-0.2, 0) is 13.1 Å². The van der Waals surface area contributed by atoms with Crippen molar-refractivity contribution < 1.29 is 0 Å². The molecule has 0 amide bonds. The first-order valence-corrected chi connectivity index (χ1v) is 8.18. The van der Waals surface area contributed by atoms with Crippen LogP contribution in [0.3, 0.4) is 0 Å². The first kappa shape index (κ1) is 18.1. The summed E-state index contributed by atoms with van der Waals surface area (Å²) in [5.74, 6) is 0. The summed E-state index contributed by atoms with van der Waals surface area (Å²) in [4.78, 5) is 9.47. The highest BCUT2D eigenvalue weighted by atomic mass is 15.1. The van der Waals surface area contributed by atoms with Crippen molar-refractivity contribution in [2.24, 2.45) is 0 Å². The van der Waals surface area contributed by atoms with Gasteiger partial charge in [0.15, 0.2) is 0 Å². The lowest BCUT2D eigenvalue weighted by molar-refractivity contribution is 0.256. The molecule has 21 heavy (non-hydrogen) atoms. The lowest BCUT2D eigenvalue weighted by Gasteiger charge is -2.21. The number of hydrogen-bond acceptors (Lipinski definition) is 4. The maximum absolute atomic E-state index is 4.76. The fourth-order valence-corrected chi connectivity index (χ4v) is 2.30. The Morgan fingerprint density at radius 3 is 2.52 bits per heavy atom. The topological polar surface area (TPSA) is 31.4 Å². The quantitative estimate of drug-likeness (QED) is 0.635. The SMILES string of the molecule is CCCNCc1cccc(CN(CC)CCCN(C)C)n1. The molecule has 1 heterocycles. The molecule has 0 aliphatic carbocycles. The van der Waals surface area contributed by atoms with E-state index in [9.17, 15) is 0 Å². The molecule has 0 bridgehead atoms. The Bertz CT molecular complexity index is 379. The zero-order valence-electron chi connectivity index (χ0n) is 14.2. The van der Waals surface area contributed by atoms with E-state index < -0.39 is 0 Å². The van der Waals surface area contributed by atoms with Crippen LogP contribution in [0.25, 0.3) is 0 Å². The average Bonchev–Trinajstić information content (AvgIpc) is 2.46. The molecule has 0 aromatic carbocycles. The summed E-state index contributed by atoms with van der Waals surface area (Å²) in [6.45, 7) is 10.6. The van der Waals surface area contributed by atoms with E-state index >= 15 is 0 Å². The van der Waals surface area contributed by atoms with Crippen LogP contribution in [0.2, 0.25) is 0 Å². The Kier molecular flexibility index (Phi) is 9.22. The van der Waals surface area contributed by atoms with Crippen molar-refractivity contribution in [1.29, 1.82) is 0 Å². The molecule has 0 fully saturated rings. The van der Waals surface area contributed by atoms with Crippen LogP contribution in [0.15, 0.2) is 18.2 Å². The van der Waals surface area contributed by atoms with Gasteiger partial charge in [-0.3, -0.25) is 9.88 Å². The Morgan fingerprint density at radius 2 is 1.86 bits per heavy atom. The number of pyridine rings is 1. The largest absolute Gasteiger partial charge is 0.311 e. The zero-order valence-corrected chi connectivity index (χ0v) is 14.2. The third kappa shape index (κ3) is 8.15. The van der Waals surface area contributed by atoms with Crippen molar-refractivity contribution in [1.82, 2.24) is 20.1 Å². The lowest BCUT2D eigenvalue weighted by Crippen LogP contribution is -2.27. The summed E-state index contributed by atoms with van der Waals surface area (Å²) < 4.78 is 0. The Morgan fingerprint density at radius 1 is 1.10 bits per heavy atom. The zero-order chi connectivity index (χ0) is 15.5. The van der Waals surface area contributed by atoms with Gasteiger partial charge >= 0.3 is 0 Å². The first-order chi connectivity index (χ1) is 10.2. The molecular weight excluding hydrogens is 260 g/mol. The monoisotopic (exact) mass is 292 g/mol. The number of hydrogen-bond donors (Lipinski definition) is 1. The smallest absolute Gasteiger partial charge is 0.0547 e. The second-order valence-electron chi connectivity index (χ2n) is 5.82. The van der Waals surface area contributed by atoms with E-state index in [1.165, 1.54) is 12.1 Å². The van der Waals surface area contributed by atoms with Crippen molar-refractivity contribution in [2.45, 2.75) is 39.8 Å². The number of nitrogens with zero attached hydrogens (tertiary/aromatic N) is 3. The lowest BCUT2D eigenvalue weighted by atomic mass is 10.2. The number of rotatable bonds is 11. The van der Waals surface area contributed by atoms with E-state index in [1.54, 1.807) is 0 Å². The Hall–Kier alpha value is -0.970. The minimum atomic E-state index is 0.869. The standard InChI is InChI=1S/C17H32N4/c1-5-11-18-14-16-9-7-10-17(19-16)15-21(6-2)13-8-12-20(3)4/h7,9-10,18H,5-6,8,11-15H2,1-4H3. The highest BCUT2D eigenvalue weighted by Crippen LogP contribution is 2.05. The Balaban J connectivity index is 2.45. The number of nitrogens with one attached hydrogen (secondary N) is 1. The van der Waals surface area contributed by atoms with Crippen molar-refractivity contribution in [3.8, 4) is 0 Å². The number of aromatic nitrogens is 1. The van der Waals surface area contributed by atoms with E-state index in [0.717, 1.165) is 51.4 Å². The predicted octanol–water partition coefficient (Wildman–Crippen LogP) is 2.35. The molecule has 1 N–H and O–H groups in total. The summed E-state index contributed by atoms with van der Waals surface area (Å²) >= 11 is 0. The van der Waals surface area contributed by atoms with Gasteiger partial charge in [0.1, 0.15) is 0 Å². The van der Waals surface area contributed by atoms with Crippen molar-refractivity contribution >= 4 is 0 Å². The van der Waals surface area contributed by atoms with Crippen LogP contribution in [0.4, 0.5) is 0 Å². The van der Waals surface area contributed by atoms with Gasteiger partial charge in [0.05, 0.1) is 11.4 Å². The summed E-state index contributed by atoms with van der Waals surface area (Å²) in [6.07, 6.45) is 2.37. The molecule has 120 valence electrons. The molecule has 1 aromatic rings. The molecule has 0 aliphatic heterocycles. The third-order valence-electron chi connectivity index (χ3n) is 3.51. The molecule has 4 nitrogen and oxygen atoms in total. The van der Waals surface area contributed by atoms with Crippen LogP contribution in [0, 0.1) is 0 Å². The van der Waals surface area contributed by atoms with E-state index in [-0.39, 0.29) is 0 Å². The fourth-order valence-electron chi connectivity index (χ4n) is 2.30. The van der Waals surface area contributed by atoms with Gasteiger partial charge in [-0.2, -0.15) is 0 Å². The van der Waals surface area contributed by atoms with E-state index in [2.05, 4.69) is 61.3 Å². The minimum absolute atomic E-state index is 0.869. The van der Waals surface area contributed by atoms with E-state index in [0.29, 0.717) is 0 Å². The highest BCUT2D eigenvalue weighted by Gasteiger charge is 2.05. The third-order valence-corrected chi connectivity index (χ3v) is 3.51. The molecule has 0 atom stereocenters. The minimum Gasteiger partial charge on any atom is -0.311 e. The normalized spacial score (nSPS) is 11.5. The Labute approximate surface area is 130 Å². The predicted molar refractivity (Wildman–Crippen MR) is 90.4 cm³/mol. The van der Waals surface area contributed by atoms with Gasteiger partial charge < -0.3 is 10.2 Å². The molecule has 1 aromatic heterocycles. The second kappa shape index (κ2) is 10.7. The molecule has 0 unspecified atom stereocenters. The molecule has 4 heteroatoms. The van der Waals surface area contributed by atoms with Gasteiger partial charge in [0.2, 0.25) is 0 Å². The van der Waals surface area contributed by atoms with Crippen LogP contribution in [0.5, 0.6) is 0 Å². The van der Waals surface area contributed by atoms with Crippen molar-refractivity contribution in [2.75, 3.05) is 40.3 Å². The molecule has 0 radical (unpaired) electrons. The molecule has 0 spiro atoms. The summed E-state index contributed by atoms with van der Waals surface area (Å²) in [5.41, 5.74) is 2.32. The highest BCUT2D eigenvalue weighted by molar-refractivity contribution is 5.11. The molecule has 0 saturated carbocycles. The maximum Gasteiger partial charge on any atom is 0.0547 e. The average molecular weight is 292 g/mol. The molecular formula is C17H32N4. The van der Waals surface area contributed by atoms with Crippen LogP contribution in [-0.4, -0.2) is 55.1 Å². The van der Waals surface area contributed by atoms with E-state index in [4.69, 9.17) is 4.98 Å². The van der Waals surface area contributed by atoms with Gasteiger partial charge in [-0.25, -0.2) is 0 Å². The van der Waals surface area contributed by atoms with Crippen molar-refractivity contribution in [3.63, 3.8) is 0 Å². The summed E-state index contributed by atoms with van der Waals surface area (Å²) in [6, 6.07) is 6.37. The van der Waals surface area contributed by atoms with Gasteiger partial charge in [-0.05, 0) is 65.2 Å². The van der Waals surface area contributed by atoms with Gasteiger partial charge in [-0.1, -0.05) is 19.9 Å². The summed E-state index contributed by atoms with van der Waals surface area (Å²) in [5, 5.41) is 3.41. The van der Waals surface area contributed by atoms with Crippen LogP contribution < -0.4 is 5.32 Å². The van der Waals surface area contributed by atoms with Crippen LogP contribution in [0.1, 0.15) is 38.1 Å². The van der Waals surface area contributed by atoms with Crippen molar-refractivity contribution in [3.05, 3.63) is 29.6 Å². The van der Waals surface area contributed by atoms with E-state index in [1.807, 2.05) is 0 Å². The first-order valence-electron chi connectivity index (χ1n) is 8.18.